The zero-order valence-corrected chi connectivity index (χ0v) is 17.9. The van der Waals surface area contributed by atoms with Gasteiger partial charge in [0.15, 0.2) is 0 Å². The third kappa shape index (κ3) is 6.66. The molecule has 0 aliphatic heterocycles. The van der Waals surface area contributed by atoms with Crippen molar-refractivity contribution in [2.45, 2.75) is 6.61 Å². The highest BCUT2D eigenvalue weighted by Gasteiger charge is 2.06. The van der Waals surface area contributed by atoms with E-state index < -0.39 is 0 Å². The van der Waals surface area contributed by atoms with Gasteiger partial charge in [-0.05, 0) is 70.0 Å². The summed E-state index contributed by atoms with van der Waals surface area (Å²) in [5.74, 6) is -0.0534. The van der Waals surface area contributed by atoms with Gasteiger partial charge in [0.1, 0.15) is 18.2 Å². The Hall–Kier alpha value is -3.70. The molecule has 0 radical (unpaired) electrons. The van der Waals surface area contributed by atoms with Gasteiger partial charge in [-0.1, -0.05) is 18.2 Å². The van der Waals surface area contributed by atoms with Gasteiger partial charge < -0.3 is 10.1 Å². The molecule has 2 N–H and O–H groups in total. The van der Waals surface area contributed by atoms with Gasteiger partial charge in [0.05, 0.1) is 28.9 Å². The summed E-state index contributed by atoms with van der Waals surface area (Å²) >= 11 is 3.46. The number of hydrogen-bond donors (Lipinski definition) is 2. The Labute approximate surface area is 187 Å². The van der Waals surface area contributed by atoms with Crippen LogP contribution in [0.15, 0.2) is 76.3 Å². The van der Waals surface area contributed by atoms with Gasteiger partial charge in [-0.25, -0.2) is 9.82 Å². The Balaban J connectivity index is 1.50. The first-order chi connectivity index (χ1) is 15.0. The van der Waals surface area contributed by atoms with Gasteiger partial charge in [-0.15, -0.1) is 0 Å². The molecule has 8 heteroatoms. The normalized spacial score (nSPS) is 10.5. The molecule has 0 bridgehead atoms. The fourth-order valence-electron chi connectivity index (χ4n) is 2.59. The minimum atomic E-state index is -0.339. The van der Waals surface area contributed by atoms with Crippen molar-refractivity contribution in [3.63, 3.8) is 0 Å². The second kappa shape index (κ2) is 10.9. The number of amides is 1. The van der Waals surface area contributed by atoms with Crippen LogP contribution in [0.25, 0.3) is 0 Å². The van der Waals surface area contributed by atoms with Gasteiger partial charge >= 0.3 is 0 Å². The smallest absolute Gasteiger partial charge is 0.259 e. The molecule has 0 aliphatic carbocycles. The molecule has 0 saturated carbocycles. The summed E-state index contributed by atoms with van der Waals surface area (Å²) in [6, 6.07) is 20.5. The number of nitriles is 1. The molecule has 0 unspecified atom stereocenters. The fourth-order valence-corrected chi connectivity index (χ4v) is 3.10. The Morgan fingerprint density at radius 2 is 1.94 bits per heavy atom. The van der Waals surface area contributed by atoms with Crippen LogP contribution in [0.4, 0.5) is 10.1 Å². The average molecular weight is 481 g/mol. The van der Waals surface area contributed by atoms with Gasteiger partial charge in [-0.3, -0.25) is 4.79 Å². The van der Waals surface area contributed by atoms with Crippen LogP contribution in [-0.4, -0.2) is 18.7 Å². The first-order valence-electron chi connectivity index (χ1n) is 9.27. The van der Waals surface area contributed by atoms with E-state index >= 15 is 0 Å². The zero-order valence-electron chi connectivity index (χ0n) is 16.3. The van der Waals surface area contributed by atoms with E-state index in [9.17, 15) is 9.18 Å². The molecule has 0 spiro atoms. The SMILES string of the molecule is N#Cc1ccccc1COc1ccc(/C=N\NC(=O)CNc2ccc(F)cc2)cc1Br. The van der Waals surface area contributed by atoms with Gasteiger partial charge in [0, 0.05) is 11.3 Å². The van der Waals surface area contributed by atoms with E-state index in [1.54, 1.807) is 36.4 Å². The average Bonchev–Trinajstić information content (AvgIpc) is 2.78. The molecule has 3 aromatic carbocycles. The number of carbonyl (C=O) groups excluding carboxylic acids is 1. The van der Waals surface area contributed by atoms with Crippen LogP contribution in [-0.2, 0) is 11.4 Å². The lowest BCUT2D eigenvalue weighted by Gasteiger charge is -2.10. The van der Waals surface area contributed by atoms with Crippen LogP contribution in [0.3, 0.4) is 0 Å². The van der Waals surface area contributed by atoms with Crippen molar-refractivity contribution < 1.29 is 13.9 Å². The summed E-state index contributed by atoms with van der Waals surface area (Å²) in [5.41, 5.74) is 5.19. The number of nitrogens with zero attached hydrogens (tertiary/aromatic N) is 2. The largest absolute Gasteiger partial charge is 0.488 e. The maximum absolute atomic E-state index is 12.9. The van der Waals surface area contributed by atoms with Gasteiger partial charge in [0.25, 0.3) is 5.91 Å². The summed E-state index contributed by atoms with van der Waals surface area (Å²) in [6.45, 7) is 0.274. The Bertz CT molecular complexity index is 1130. The molecule has 156 valence electrons. The number of halogens is 2. The number of anilines is 1. The summed E-state index contributed by atoms with van der Waals surface area (Å²) in [6.07, 6.45) is 1.51. The van der Waals surface area contributed by atoms with E-state index in [4.69, 9.17) is 10.00 Å². The highest BCUT2D eigenvalue weighted by atomic mass is 79.9. The highest BCUT2D eigenvalue weighted by Crippen LogP contribution is 2.26. The second-order valence-corrected chi connectivity index (χ2v) is 7.26. The molecule has 0 saturated heterocycles. The van der Waals surface area contributed by atoms with Crippen LogP contribution in [0, 0.1) is 17.1 Å². The summed E-state index contributed by atoms with van der Waals surface area (Å²) in [7, 11) is 0. The third-order valence-corrected chi connectivity index (χ3v) is 4.80. The van der Waals surface area contributed by atoms with Crippen LogP contribution in [0.2, 0.25) is 0 Å². The third-order valence-electron chi connectivity index (χ3n) is 4.18. The molecule has 0 heterocycles. The first kappa shape index (κ1) is 22.0. The van der Waals surface area contributed by atoms with E-state index in [0.717, 1.165) is 15.6 Å². The molecule has 0 aliphatic rings. The number of hydrazone groups is 1. The maximum Gasteiger partial charge on any atom is 0.259 e. The first-order valence-corrected chi connectivity index (χ1v) is 10.1. The molecule has 3 aromatic rings. The molecule has 0 fully saturated rings. The molecule has 6 nitrogen and oxygen atoms in total. The molecular weight excluding hydrogens is 463 g/mol. The van der Waals surface area contributed by atoms with Crippen LogP contribution in [0.5, 0.6) is 5.75 Å². The number of carbonyl (C=O) groups is 1. The Kier molecular flexibility index (Phi) is 7.73. The Morgan fingerprint density at radius 1 is 1.16 bits per heavy atom. The predicted octanol–water partition coefficient (Wildman–Crippen LogP) is 4.60. The number of hydrogen-bond acceptors (Lipinski definition) is 5. The monoisotopic (exact) mass is 480 g/mol. The number of nitrogens with one attached hydrogen (secondary N) is 2. The van der Waals surface area contributed by atoms with E-state index in [1.807, 2.05) is 18.2 Å². The fraction of sp³-hybridized carbons (Fsp3) is 0.0870. The topological polar surface area (TPSA) is 86.5 Å². The number of ether oxygens (including phenoxy) is 1. The summed E-state index contributed by atoms with van der Waals surface area (Å²) in [4.78, 5) is 11.9. The summed E-state index contributed by atoms with van der Waals surface area (Å²) in [5, 5.41) is 16.0. The highest BCUT2D eigenvalue weighted by molar-refractivity contribution is 9.10. The summed E-state index contributed by atoms with van der Waals surface area (Å²) < 4.78 is 19.4. The van der Waals surface area contributed by atoms with Crippen molar-refractivity contribution in [2.75, 3.05) is 11.9 Å². The minimum Gasteiger partial charge on any atom is -0.488 e. The molecule has 1 amide bonds. The Morgan fingerprint density at radius 3 is 2.68 bits per heavy atom. The van der Waals surface area contributed by atoms with Gasteiger partial charge in [0.2, 0.25) is 0 Å². The molecule has 3 rings (SSSR count). The standard InChI is InChI=1S/C23H18BrFN4O2/c24-21-11-16(5-10-22(21)31-15-18-4-2-1-3-17(18)12-26)13-28-29-23(30)14-27-20-8-6-19(25)7-9-20/h1-11,13,27H,14-15H2,(H,29,30)/b28-13-. The van der Waals surface area contributed by atoms with Crippen molar-refractivity contribution in [1.29, 1.82) is 5.26 Å². The number of rotatable bonds is 8. The van der Waals surface area contributed by atoms with E-state index in [1.165, 1.54) is 18.3 Å². The van der Waals surface area contributed by atoms with Gasteiger partial charge in [-0.2, -0.15) is 10.4 Å². The minimum absolute atomic E-state index is 0.00359. The lowest BCUT2D eigenvalue weighted by atomic mass is 10.1. The van der Waals surface area contributed by atoms with Crippen molar-refractivity contribution in [3.05, 3.63) is 93.7 Å². The van der Waals surface area contributed by atoms with E-state index in [0.29, 0.717) is 17.0 Å². The van der Waals surface area contributed by atoms with Crippen molar-refractivity contribution in [3.8, 4) is 11.8 Å². The van der Waals surface area contributed by atoms with E-state index in [-0.39, 0.29) is 24.9 Å². The second-order valence-electron chi connectivity index (χ2n) is 6.40. The molecule has 0 aromatic heterocycles. The molecule has 31 heavy (non-hydrogen) atoms. The van der Waals surface area contributed by atoms with Crippen LogP contribution in [0.1, 0.15) is 16.7 Å². The van der Waals surface area contributed by atoms with Crippen molar-refractivity contribution in [2.24, 2.45) is 5.10 Å². The predicted molar refractivity (Wildman–Crippen MR) is 120 cm³/mol. The van der Waals surface area contributed by atoms with Crippen LogP contribution < -0.4 is 15.5 Å². The molecular formula is C23H18BrFN4O2. The quantitative estimate of drug-likeness (QED) is 0.364. The van der Waals surface area contributed by atoms with Crippen molar-refractivity contribution in [1.82, 2.24) is 5.43 Å². The number of benzene rings is 3. The lowest BCUT2D eigenvalue weighted by Crippen LogP contribution is -2.25. The van der Waals surface area contributed by atoms with Crippen LogP contribution >= 0.6 is 15.9 Å². The maximum atomic E-state index is 12.9. The zero-order chi connectivity index (χ0) is 22.1. The van der Waals surface area contributed by atoms with E-state index in [2.05, 4.69) is 37.8 Å². The lowest BCUT2D eigenvalue weighted by molar-refractivity contribution is -0.119. The van der Waals surface area contributed by atoms with Crippen molar-refractivity contribution >= 4 is 33.7 Å². The molecule has 0 atom stereocenters.